The van der Waals surface area contributed by atoms with Gasteiger partial charge in [-0.25, -0.2) is 4.79 Å². The van der Waals surface area contributed by atoms with Gasteiger partial charge in [-0.15, -0.1) is 0 Å². The first-order valence-corrected chi connectivity index (χ1v) is 5.88. The first-order valence-electron chi connectivity index (χ1n) is 5.88. The molecule has 0 aliphatic carbocycles. The van der Waals surface area contributed by atoms with E-state index in [1.807, 2.05) is 6.92 Å². The number of amides is 2. The Labute approximate surface area is 101 Å². The van der Waals surface area contributed by atoms with Gasteiger partial charge in [-0.1, -0.05) is 12.2 Å². The highest BCUT2D eigenvalue weighted by Gasteiger charge is 2.23. The summed E-state index contributed by atoms with van der Waals surface area (Å²) in [7, 11) is 0. The average Bonchev–Trinajstić information content (AvgIpc) is 2.26. The number of hydrogen-bond donors (Lipinski definition) is 2. The van der Waals surface area contributed by atoms with Gasteiger partial charge in [0.05, 0.1) is 0 Å². The van der Waals surface area contributed by atoms with Gasteiger partial charge in [-0.05, 0) is 25.7 Å². The fourth-order valence-electron chi connectivity index (χ4n) is 1.93. The van der Waals surface area contributed by atoms with Crippen molar-refractivity contribution in [1.29, 1.82) is 0 Å². The van der Waals surface area contributed by atoms with Gasteiger partial charge >= 0.3 is 12.0 Å². The molecular weight excluding hydrogens is 220 g/mol. The summed E-state index contributed by atoms with van der Waals surface area (Å²) in [4.78, 5) is 24.0. The van der Waals surface area contributed by atoms with Crippen molar-refractivity contribution in [1.82, 2.24) is 10.2 Å². The van der Waals surface area contributed by atoms with E-state index in [-0.39, 0.29) is 18.4 Å². The predicted molar refractivity (Wildman–Crippen MR) is 64.8 cm³/mol. The third-order valence-electron chi connectivity index (χ3n) is 2.91. The predicted octanol–water partition coefficient (Wildman–Crippen LogP) is 1.46. The quantitative estimate of drug-likeness (QED) is 0.731. The molecule has 1 fully saturated rings. The number of nitrogens with zero attached hydrogens (tertiary/aromatic N) is 1. The normalized spacial score (nSPS) is 16.6. The molecule has 0 saturated carbocycles. The molecule has 0 spiro atoms. The van der Waals surface area contributed by atoms with Crippen LogP contribution in [0, 0.1) is 5.92 Å². The zero-order valence-electron chi connectivity index (χ0n) is 10.2. The molecule has 0 atom stereocenters. The monoisotopic (exact) mass is 240 g/mol. The number of carboxylic acid groups (broad SMARTS) is 1. The van der Waals surface area contributed by atoms with E-state index in [1.165, 1.54) is 0 Å². The number of aliphatic carboxylic acids is 1. The smallest absolute Gasteiger partial charge is 0.317 e. The standard InChI is InChI=1S/C12H20N2O3/c1-9(2)8-13-12(17)14-5-3-10(4-6-14)7-11(15)16/h10H,1,3-8H2,2H3,(H,13,17)(H,15,16). The summed E-state index contributed by atoms with van der Waals surface area (Å²) in [5, 5.41) is 11.5. The lowest BCUT2D eigenvalue weighted by atomic mass is 9.94. The van der Waals surface area contributed by atoms with Crippen molar-refractivity contribution in [2.75, 3.05) is 19.6 Å². The summed E-state index contributed by atoms with van der Waals surface area (Å²) >= 11 is 0. The average molecular weight is 240 g/mol. The van der Waals surface area contributed by atoms with Crippen molar-refractivity contribution in [3.8, 4) is 0 Å². The molecule has 0 aromatic carbocycles. The van der Waals surface area contributed by atoms with Crippen LogP contribution < -0.4 is 5.32 Å². The lowest BCUT2D eigenvalue weighted by Crippen LogP contribution is -2.45. The summed E-state index contributed by atoms with van der Waals surface area (Å²) in [5.41, 5.74) is 0.916. The molecule has 0 radical (unpaired) electrons. The molecule has 0 bridgehead atoms. The topological polar surface area (TPSA) is 69.6 Å². The summed E-state index contributed by atoms with van der Waals surface area (Å²) in [6.45, 7) is 7.35. The molecule has 17 heavy (non-hydrogen) atoms. The highest BCUT2D eigenvalue weighted by molar-refractivity contribution is 5.74. The van der Waals surface area contributed by atoms with E-state index in [4.69, 9.17) is 5.11 Å². The van der Waals surface area contributed by atoms with Crippen LogP contribution in [0.25, 0.3) is 0 Å². The Morgan fingerprint density at radius 2 is 2.00 bits per heavy atom. The minimum atomic E-state index is -0.754. The van der Waals surface area contributed by atoms with Gasteiger partial charge in [-0.3, -0.25) is 4.79 Å². The van der Waals surface area contributed by atoms with E-state index in [0.29, 0.717) is 19.6 Å². The van der Waals surface area contributed by atoms with E-state index >= 15 is 0 Å². The number of urea groups is 1. The molecule has 96 valence electrons. The van der Waals surface area contributed by atoms with Gasteiger partial charge in [0.25, 0.3) is 0 Å². The first-order chi connectivity index (χ1) is 7.99. The summed E-state index contributed by atoms with van der Waals surface area (Å²) in [6.07, 6.45) is 1.75. The summed E-state index contributed by atoms with van der Waals surface area (Å²) in [5.74, 6) is -0.548. The lowest BCUT2D eigenvalue weighted by Gasteiger charge is -2.31. The number of carboxylic acids is 1. The molecular formula is C12H20N2O3. The fourth-order valence-corrected chi connectivity index (χ4v) is 1.93. The third kappa shape index (κ3) is 4.89. The molecule has 1 saturated heterocycles. The van der Waals surface area contributed by atoms with Gasteiger partial charge in [0.1, 0.15) is 0 Å². The Morgan fingerprint density at radius 3 is 2.47 bits per heavy atom. The van der Waals surface area contributed by atoms with Crippen molar-refractivity contribution < 1.29 is 14.7 Å². The number of carbonyl (C=O) groups is 2. The first kappa shape index (κ1) is 13.5. The maximum Gasteiger partial charge on any atom is 0.317 e. The minimum absolute atomic E-state index is 0.0817. The van der Waals surface area contributed by atoms with Crippen molar-refractivity contribution in [3.63, 3.8) is 0 Å². The number of piperidine rings is 1. The second kappa shape index (κ2) is 6.27. The molecule has 1 heterocycles. The highest BCUT2D eigenvalue weighted by atomic mass is 16.4. The van der Waals surface area contributed by atoms with E-state index in [9.17, 15) is 9.59 Å². The Morgan fingerprint density at radius 1 is 1.41 bits per heavy atom. The van der Waals surface area contributed by atoms with E-state index in [0.717, 1.165) is 18.4 Å². The third-order valence-corrected chi connectivity index (χ3v) is 2.91. The van der Waals surface area contributed by atoms with Crippen LogP contribution in [0.15, 0.2) is 12.2 Å². The Kier molecular flexibility index (Phi) is 5.00. The Balaban J connectivity index is 2.28. The van der Waals surface area contributed by atoms with Crippen molar-refractivity contribution >= 4 is 12.0 Å². The molecule has 5 heteroatoms. The van der Waals surface area contributed by atoms with Crippen LogP contribution in [-0.4, -0.2) is 41.6 Å². The number of carbonyl (C=O) groups excluding carboxylic acids is 1. The van der Waals surface area contributed by atoms with Crippen molar-refractivity contribution in [3.05, 3.63) is 12.2 Å². The number of rotatable bonds is 4. The molecule has 1 aliphatic rings. The van der Waals surface area contributed by atoms with Crippen LogP contribution in [0.3, 0.4) is 0 Å². The number of hydrogen-bond acceptors (Lipinski definition) is 2. The van der Waals surface area contributed by atoms with Crippen LogP contribution >= 0.6 is 0 Å². The van der Waals surface area contributed by atoms with Gasteiger partial charge in [0.2, 0.25) is 0 Å². The number of likely N-dealkylation sites (tertiary alicyclic amines) is 1. The summed E-state index contributed by atoms with van der Waals surface area (Å²) < 4.78 is 0. The van der Waals surface area contributed by atoms with E-state index in [1.54, 1.807) is 4.90 Å². The lowest BCUT2D eigenvalue weighted by molar-refractivity contribution is -0.138. The minimum Gasteiger partial charge on any atom is -0.481 e. The van der Waals surface area contributed by atoms with Crippen LogP contribution in [0.2, 0.25) is 0 Å². The van der Waals surface area contributed by atoms with E-state index < -0.39 is 5.97 Å². The molecule has 1 rings (SSSR count). The molecule has 0 aromatic rings. The van der Waals surface area contributed by atoms with Crippen LogP contribution in [0.5, 0.6) is 0 Å². The Bertz CT molecular complexity index is 307. The zero-order chi connectivity index (χ0) is 12.8. The van der Waals surface area contributed by atoms with E-state index in [2.05, 4.69) is 11.9 Å². The van der Waals surface area contributed by atoms with Crippen LogP contribution in [0.1, 0.15) is 26.2 Å². The maximum absolute atomic E-state index is 11.7. The molecule has 0 unspecified atom stereocenters. The second-order valence-corrected chi connectivity index (χ2v) is 4.64. The maximum atomic E-state index is 11.7. The van der Waals surface area contributed by atoms with Crippen LogP contribution in [-0.2, 0) is 4.79 Å². The zero-order valence-corrected chi connectivity index (χ0v) is 10.2. The van der Waals surface area contributed by atoms with Gasteiger partial charge in [-0.2, -0.15) is 0 Å². The number of nitrogens with one attached hydrogen (secondary N) is 1. The molecule has 0 aromatic heterocycles. The SMILES string of the molecule is C=C(C)CNC(=O)N1CCC(CC(=O)O)CC1. The summed E-state index contributed by atoms with van der Waals surface area (Å²) in [6, 6.07) is -0.0817. The molecule has 1 aliphatic heterocycles. The van der Waals surface area contributed by atoms with Gasteiger partial charge in [0, 0.05) is 26.1 Å². The van der Waals surface area contributed by atoms with Gasteiger partial charge in [0.15, 0.2) is 0 Å². The second-order valence-electron chi connectivity index (χ2n) is 4.64. The molecule has 2 amide bonds. The fraction of sp³-hybridized carbons (Fsp3) is 0.667. The highest BCUT2D eigenvalue weighted by Crippen LogP contribution is 2.20. The van der Waals surface area contributed by atoms with Crippen molar-refractivity contribution in [2.24, 2.45) is 5.92 Å². The molecule has 2 N–H and O–H groups in total. The van der Waals surface area contributed by atoms with Gasteiger partial charge < -0.3 is 15.3 Å². The Hall–Kier alpha value is -1.52. The van der Waals surface area contributed by atoms with Crippen molar-refractivity contribution in [2.45, 2.75) is 26.2 Å². The van der Waals surface area contributed by atoms with Crippen LogP contribution in [0.4, 0.5) is 4.79 Å². The largest absolute Gasteiger partial charge is 0.481 e. The molecule has 5 nitrogen and oxygen atoms in total.